The molecule has 0 amide bonds. The second kappa shape index (κ2) is 6.82. The first kappa shape index (κ1) is 15.7. The molecular formula is C17H27ClN2. The fourth-order valence-electron chi connectivity index (χ4n) is 2.76. The average molecular weight is 295 g/mol. The van der Waals surface area contributed by atoms with Crippen LogP contribution in [-0.2, 0) is 6.54 Å². The van der Waals surface area contributed by atoms with Gasteiger partial charge in [0.05, 0.1) is 0 Å². The zero-order chi connectivity index (χ0) is 14.6. The number of hydrogen-bond acceptors (Lipinski definition) is 2. The molecular weight excluding hydrogens is 268 g/mol. The number of halogens is 1. The number of anilines is 1. The van der Waals surface area contributed by atoms with Gasteiger partial charge in [0.25, 0.3) is 0 Å². The zero-order valence-electron chi connectivity index (χ0n) is 13.0. The van der Waals surface area contributed by atoms with Crippen LogP contribution in [0.1, 0.15) is 45.6 Å². The Balaban J connectivity index is 2.12. The molecule has 0 aliphatic carbocycles. The Morgan fingerprint density at radius 2 is 1.95 bits per heavy atom. The summed E-state index contributed by atoms with van der Waals surface area (Å²) in [5.74, 6) is 0. The maximum atomic E-state index is 6.42. The van der Waals surface area contributed by atoms with Crippen molar-refractivity contribution in [1.29, 1.82) is 0 Å². The lowest BCUT2D eigenvalue weighted by Crippen LogP contribution is -2.38. The summed E-state index contributed by atoms with van der Waals surface area (Å²) < 4.78 is 0. The molecule has 1 N–H and O–H groups in total. The topological polar surface area (TPSA) is 15.3 Å². The van der Waals surface area contributed by atoms with Crippen molar-refractivity contribution in [2.75, 3.05) is 24.5 Å². The van der Waals surface area contributed by atoms with Gasteiger partial charge in [-0.05, 0) is 43.4 Å². The Hall–Kier alpha value is -0.730. The molecule has 1 aliphatic rings. The summed E-state index contributed by atoms with van der Waals surface area (Å²) in [6, 6.07) is 6.29. The standard InChI is InChI=1S/C17H27ClN2/c1-4-10-19-13-14-15(18)6-5-7-16(14)20-11-8-17(2,3)9-12-20/h5-7,19H,4,8-13H2,1-3H3. The average Bonchev–Trinajstić information content (AvgIpc) is 2.41. The molecule has 0 atom stereocenters. The van der Waals surface area contributed by atoms with E-state index in [1.807, 2.05) is 6.07 Å². The van der Waals surface area contributed by atoms with Crippen LogP contribution in [0.2, 0.25) is 5.02 Å². The van der Waals surface area contributed by atoms with Crippen LogP contribution in [0.25, 0.3) is 0 Å². The number of nitrogens with zero attached hydrogens (tertiary/aromatic N) is 1. The van der Waals surface area contributed by atoms with Crippen molar-refractivity contribution in [3.05, 3.63) is 28.8 Å². The van der Waals surface area contributed by atoms with Gasteiger partial charge < -0.3 is 10.2 Å². The van der Waals surface area contributed by atoms with E-state index in [4.69, 9.17) is 11.6 Å². The maximum absolute atomic E-state index is 6.42. The predicted molar refractivity (Wildman–Crippen MR) is 88.7 cm³/mol. The van der Waals surface area contributed by atoms with Crippen LogP contribution in [0, 0.1) is 5.41 Å². The monoisotopic (exact) mass is 294 g/mol. The van der Waals surface area contributed by atoms with E-state index in [0.717, 1.165) is 37.6 Å². The van der Waals surface area contributed by atoms with Gasteiger partial charge >= 0.3 is 0 Å². The molecule has 0 unspecified atom stereocenters. The highest BCUT2D eigenvalue weighted by Gasteiger charge is 2.26. The van der Waals surface area contributed by atoms with Crippen LogP contribution >= 0.6 is 11.6 Å². The SMILES string of the molecule is CCCNCc1c(Cl)cccc1N1CCC(C)(C)CC1. The van der Waals surface area contributed by atoms with Crippen LogP contribution in [0.4, 0.5) is 5.69 Å². The summed E-state index contributed by atoms with van der Waals surface area (Å²) in [6.07, 6.45) is 3.65. The molecule has 1 saturated heterocycles. The van der Waals surface area contributed by atoms with Crippen LogP contribution < -0.4 is 10.2 Å². The fraction of sp³-hybridized carbons (Fsp3) is 0.647. The van der Waals surface area contributed by atoms with Gasteiger partial charge in [-0.3, -0.25) is 0 Å². The Morgan fingerprint density at radius 3 is 2.60 bits per heavy atom. The number of rotatable bonds is 5. The highest BCUT2D eigenvalue weighted by molar-refractivity contribution is 6.31. The second-order valence-electron chi connectivity index (χ2n) is 6.57. The van der Waals surface area contributed by atoms with Gasteiger partial charge in [0.1, 0.15) is 0 Å². The van der Waals surface area contributed by atoms with Gasteiger partial charge in [0.15, 0.2) is 0 Å². The lowest BCUT2D eigenvalue weighted by Gasteiger charge is -2.39. The smallest absolute Gasteiger partial charge is 0.0471 e. The van der Waals surface area contributed by atoms with Crippen molar-refractivity contribution in [3.8, 4) is 0 Å². The van der Waals surface area contributed by atoms with Gasteiger partial charge in [-0.25, -0.2) is 0 Å². The molecule has 2 rings (SSSR count). The van der Waals surface area contributed by atoms with E-state index >= 15 is 0 Å². The maximum Gasteiger partial charge on any atom is 0.0471 e. The molecule has 1 aromatic carbocycles. The van der Waals surface area contributed by atoms with E-state index in [-0.39, 0.29) is 0 Å². The molecule has 0 spiro atoms. The first-order valence-electron chi connectivity index (χ1n) is 7.76. The lowest BCUT2D eigenvalue weighted by atomic mass is 9.82. The summed E-state index contributed by atoms with van der Waals surface area (Å²) in [5.41, 5.74) is 3.05. The van der Waals surface area contributed by atoms with Gasteiger partial charge in [-0.2, -0.15) is 0 Å². The fourth-order valence-corrected chi connectivity index (χ4v) is 3.00. The predicted octanol–water partition coefficient (Wildman–Crippen LogP) is 4.47. The van der Waals surface area contributed by atoms with Crippen LogP contribution in [0.3, 0.4) is 0 Å². The van der Waals surface area contributed by atoms with E-state index in [9.17, 15) is 0 Å². The summed E-state index contributed by atoms with van der Waals surface area (Å²) in [5, 5.41) is 4.36. The summed E-state index contributed by atoms with van der Waals surface area (Å²) in [4.78, 5) is 2.50. The number of hydrogen-bond donors (Lipinski definition) is 1. The van der Waals surface area contributed by atoms with Gasteiger partial charge in [-0.1, -0.05) is 38.4 Å². The molecule has 1 fully saturated rings. The van der Waals surface area contributed by atoms with E-state index in [0.29, 0.717) is 5.41 Å². The molecule has 1 aromatic rings. The Morgan fingerprint density at radius 1 is 1.25 bits per heavy atom. The Kier molecular flexibility index (Phi) is 5.34. The normalized spacial score (nSPS) is 18.3. The van der Waals surface area contributed by atoms with Gasteiger partial charge in [-0.15, -0.1) is 0 Å². The van der Waals surface area contributed by atoms with E-state index in [1.165, 1.54) is 24.1 Å². The largest absolute Gasteiger partial charge is 0.371 e. The molecule has 2 nitrogen and oxygen atoms in total. The minimum atomic E-state index is 0.482. The van der Waals surface area contributed by atoms with Crippen molar-refractivity contribution >= 4 is 17.3 Å². The molecule has 3 heteroatoms. The van der Waals surface area contributed by atoms with Crippen molar-refractivity contribution in [3.63, 3.8) is 0 Å². The molecule has 0 radical (unpaired) electrons. The highest BCUT2D eigenvalue weighted by atomic mass is 35.5. The quantitative estimate of drug-likeness (QED) is 0.806. The van der Waals surface area contributed by atoms with E-state index in [2.05, 4.69) is 43.1 Å². The third-order valence-corrected chi connectivity index (χ3v) is 4.63. The minimum Gasteiger partial charge on any atom is -0.371 e. The van der Waals surface area contributed by atoms with Crippen LogP contribution in [0.5, 0.6) is 0 Å². The van der Waals surface area contributed by atoms with Crippen LogP contribution in [-0.4, -0.2) is 19.6 Å². The van der Waals surface area contributed by atoms with E-state index < -0.39 is 0 Å². The third kappa shape index (κ3) is 3.89. The second-order valence-corrected chi connectivity index (χ2v) is 6.97. The molecule has 0 saturated carbocycles. The Bertz CT molecular complexity index is 433. The molecule has 0 aromatic heterocycles. The van der Waals surface area contributed by atoms with Gasteiger partial charge in [0.2, 0.25) is 0 Å². The summed E-state index contributed by atoms with van der Waals surface area (Å²) >= 11 is 6.42. The number of benzene rings is 1. The molecule has 1 aliphatic heterocycles. The summed E-state index contributed by atoms with van der Waals surface area (Å²) in [7, 11) is 0. The van der Waals surface area contributed by atoms with Crippen molar-refractivity contribution in [2.24, 2.45) is 5.41 Å². The molecule has 1 heterocycles. The highest BCUT2D eigenvalue weighted by Crippen LogP contribution is 2.35. The van der Waals surface area contributed by atoms with Crippen molar-refractivity contribution in [1.82, 2.24) is 5.32 Å². The van der Waals surface area contributed by atoms with E-state index in [1.54, 1.807) is 0 Å². The number of nitrogens with one attached hydrogen (secondary N) is 1. The molecule has 112 valence electrons. The molecule has 0 bridgehead atoms. The van der Waals surface area contributed by atoms with Gasteiger partial charge in [0, 0.05) is 35.9 Å². The van der Waals surface area contributed by atoms with Crippen molar-refractivity contribution < 1.29 is 0 Å². The third-order valence-electron chi connectivity index (χ3n) is 4.28. The lowest BCUT2D eigenvalue weighted by molar-refractivity contribution is 0.279. The van der Waals surface area contributed by atoms with Crippen molar-refractivity contribution in [2.45, 2.75) is 46.6 Å². The van der Waals surface area contributed by atoms with Crippen LogP contribution in [0.15, 0.2) is 18.2 Å². The molecule has 20 heavy (non-hydrogen) atoms. The Labute approximate surface area is 128 Å². The minimum absolute atomic E-state index is 0.482. The first-order valence-corrected chi connectivity index (χ1v) is 8.14. The summed E-state index contributed by atoms with van der Waals surface area (Å²) in [6.45, 7) is 11.1. The number of piperidine rings is 1. The first-order chi connectivity index (χ1) is 9.53. The zero-order valence-corrected chi connectivity index (χ0v) is 13.8.